The van der Waals surface area contributed by atoms with Crippen molar-refractivity contribution in [2.75, 3.05) is 23.3 Å². The van der Waals surface area contributed by atoms with Crippen LogP contribution in [-0.2, 0) is 0 Å². The van der Waals surface area contributed by atoms with Gasteiger partial charge in [0, 0.05) is 47.8 Å². The molecular formula is C26H28N4O. The zero-order chi connectivity index (χ0) is 21.8. The van der Waals surface area contributed by atoms with Gasteiger partial charge in [0.25, 0.3) is 0 Å². The number of aryl methyl sites for hydroxylation is 1. The van der Waals surface area contributed by atoms with Crippen molar-refractivity contribution in [1.82, 2.24) is 9.97 Å². The molecule has 0 radical (unpaired) electrons. The Labute approximate surface area is 183 Å². The number of nitrogens with zero attached hydrogens (tertiary/aromatic N) is 3. The van der Waals surface area contributed by atoms with E-state index in [-0.39, 0.29) is 11.8 Å². The molecule has 0 spiro atoms. The Morgan fingerprint density at radius 2 is 1.71 bits per heavy atom. The molecule has 0 bridgehead atoms. The molecular weight excluding hydrogens is 384 g/mol. The highest BCUT2D eigenvalue weighted by Crippen LogP contribution is 2.37. The van der Waals surface area contributed by atoms with Gasteiger partial charge in [0.1, 0.15) is 11.3 Å². The van der Waals surface area contributed by atoms with E-state index in [1.54, 1.807) is 12.4 Å². The van der Waals surface area contributed by atoms with Gasteiger partial charge in [0.05, 0.1) is 11.7 Å². The highest BCUT2D eigenvalue weighted by atomic mass is 16.3. The molecule has 158 valence electrons. The molecule has 4 aromatic rings. The Kier molecular flexibility index (Phi) is 6.03. The summed E-state index contributed by atoms with van der Waals surface area (Å²) in [7, 11) is 0. The van der Waals surface area contributed by atoms with E-state index in [9.17, 15) is 5.11 Å². The lowest BCUT2D eigenvalue weighted by Gasteiger charge is -2.25. The van der Waals surface area contributed by atoms with Crippen molar-refractivity contribution < 1.29 is 5.11 Å². The number of rotatable bonds is 7. The third-order valence-corrected chi connectivity index (χ3v) is 5.64. The average molecular weight is 413 g/mol. The van der Waals surface area contributed by atoms with Crippen LogP contribution >= 0.6 is 0 Å². The Bertz CT molecular complexity index is 1160. The first-order valence-electron chi connectivity index (χ1n) is 10.7. The van der Waals surface area contributed by atoms with Crippen LogP contribution in [0.2, 0.25) is 0 Å². The normalized spacial score (nSPS) is 12.0. The Hall–Kier alpha value is -3.60. The minimum Gasteiger partial charge on any atom is -0.505 e. The molecule has 0 amide bonds. The van der Waals surface area contributed by atoms with Crippen LogP contribution < -0.4 is 10.2 Å². The first-order chi connectivity index (χ1) is 15.1. The van der Waals surface area contributed by atoms with Gasteiger partial charge in [-0.05, 0) is 56.7 Å². The van der Waals surface area contributed by atoms with Crippen molar-refractivity contribution in [3.05, 3.63) is 89.9 Å². The third-order valence-electron chi connectivity index (χ3n) is 5.64. The van der Waals surface area contributed by atoms with Crippen molar-refractivity contribution in [3.63, 3.8) is 0 Å². The Morgan fingerprint density at radius 3 is 2.39 bits per heavy atom. The van der Waals surface area contributed by atoms with Gasteiger partial charge in [-0.25, -0.2) is 4.98 Å². The van der Waals surface area contributed by atoms with Gasteiger partial charge < -0.3 is 15.3 Å². The predicted molar refractivity (Wildman–Crippen MR) is 128 cm³/mol. The van der Waals surface area contributed by atoms with Crippen LogP contribution in [0.4, 0.5) is 11.4 Å². The summed E-state index contributed by atoms with van der Waals surface area (Å²) in [4.78, 5) is 11.1. The minimum absolute atomic E-state index is 0.204. The van der Waals surface area contributed by atoms with Gasteiger partial charge in [0.15, 0.2) is 0 Å². The molecule has 2 aromatic heterocycles. The van der Waals surface area contributed by atoms with Crippen LogP contribution in [0.15, 0.2) is 73.1 Å². The zero-order valence-electron chi connectivity index (χ0n) is 18.2. The minimum atomic E-state index is -0.248. The number of pyridine rings is 2. The van der Waals surface area contributed by atoms with Crippen LogP contribution in [-0.4, -0.2) is 28.2 Å². The summed E-state index contributed by atoms with van der Waals surface area (Å²) in [6.45, 7) is 8.18. The van der Waals surface area contributed by atoms with Crippen LogP contribution in [0.3, 0.4) is 0 Å². The summed E-state index contributed by atoms with van der Waals surface area (Å²) in [5, 5.41) is 15.6. The third kappa shape index (κ3) is 4.31. The van der Waals surface area contributed by atoms with Crippen molar-refractivity contribution >= 4 is 22.3 Å². The first-order valence-corrected chi connectivity index (χ1v) is 10.7. The second-order valence-electron chi connectivity index (χ2n) is 7.61. The highest BCUT2D eigenvalue weighted by molar-refractivity contribution is 5.86. The van der Waals surface area contributed by atoms with Crippen LogP contribution in [0, 0.1) is 6.92 Å². The summed E-state index contributed by atoms with van der Waals surface area (Å²) in [6.07, 6.45) is 3.54. The topological polar surface area (TPSA) is 61.3 Å². The van der Waals surface area contributed by atoms with Gasteiger partial charge in [-0.1, -0.05) is 30.3 Å². The largest absolute Gasteiger partial charge is 0.505 e. The average Bonchev–Trinajstić information content (AvgIpc) is 2.80. The van der Waals surface area contributed by atoms with Crippen molar-refractivity contribution in [1.29, 1.82) is 0 Å². The molecule has 2 N–H and O–H groups in total. The molecule has 5 nitrogen and oxygen atoms in total. The fourth-order valence-corrected chi connectivity index (χ4v) is 3.94. The van der Waals surface area contributed by atoms with E-state index in [0.717, 1.165) is 41.0 Å². The van der Waals surface area contributed by atoms with Gasteiger partial charge >= 0.3 is 0 Å². The molecule has 0 aliphatic carbocycles. The molecule has 2 heterocycles. The molecule has 0 aliphatic heterocycles. The molecule has 4 rings (SSSR count). The highest BCUT2D eigenvalue weighted by Gasteiger charge is 2.20. The quantitative estimate of drug-likeness (QED) is 0.408. The molecule has 5 heteroatoms. The molecule has 0 saturated heterocycles. The van der Waals surface area contributed by atoms with E-state index in [2.05, 4.69) is 58.3 Å². The lowest BCUT2D eigenvalue weighted by atomic mass is 9.95. The van der Waals surface area contributed by atoms with E-state index >= 15 is 0 Å². The van der Waals surface area contributed by atoms with E-state index < -0.39 is 0 Å². The number of benzene rings is 2. The SMILES string of the molecule is CCN(CC)c1ccc(C(Nc2cccnc2)c2ccc3ccc(C)nc3c2O)cc1. The maximum atomic E-state index is 11.2. The van der Waals surface area contributed by atoms with Gasteiger partial charge in [0.2, 0.25) is 0 Å². The molecule has 0 aliphatic rings. The van der Waals surface area contributed by atoms with Gasteiger partial charge in [-0.15, -0.1) is 0 Å². The summed E-state index contributed by atoms with van der Waals surface area (Å²) in [6, 6.07) is 20.1. The number of hydrogen-bond donors (Lipinski definition) is 2. The van der Waals surface area contributed by atoms with E-state index in [4.69, 9.17) is 0 Å². The fraction of sp³-hybridized carbons (Fsp3) is 0.231. The maximum absolute atomic E-state index is 11.2. The van der Waals surface area contributed by atoms with E-state index in [1.165, 1.54) is 5.69 Å². The van der Waals surface area contributed by atoms with Crippen molar-refractivity contribution in [2.45, 2.75) is 26.8 Å². The monoisotopic (exact) mass is 412 g/mol. The first kappa shape index (κ1) is 20.7. The van der Waals surface area contributed by atoms with E-state index in [0.29, 0.717) is 5.52 Å². The lowest BCUT2D eigenvalue weighted by Crippen LogP contribution is -2.21. The fourth-order valence-electron chi connectivity index (χ4n) is 3.94. The maximum Gasteiger partial charge on any atom is 0.147 e. The van der Waals surface area contributed by atoms with Crippen molar-refractivity contribution in [2.24, 2.45) is 0 Å². The lowest BCUT2D eigenvalue weighted by molar-refractivity contribution is 0.471. The number of nitrogens with one attached hydrogen (secondary N) is 1. The van der Waals surface area contributed by atoms with Crippen molar-refractivity contribution in [3.8, 4) is 5.75 Å². The smallest absolute Gasteiger partial charge is 0.147 e. The molecule has 2 aromatic carbocycles. The van der Waals surface area contributed by atoms with E-state index in [1.807, 2.05) is 43.3 Å². The van der Waals surface area contributed by atoms with Crippen LogP contribution in [0.1, 0.15) is 36.7 Å². The number of anilines is 2. The van der Waals surface area contributed by atoms with Crippen LogP contribution in [0.5, 0.6) is 5.75 Å². The standard InChI is InChI=1S/C26H28N4O/c1-4-30(5-2)22-13-10-19(11-14-22)24(29-21-7-6-16-27-17-21)23-15-12-20-9-8-18(3)28-25(20)26(23)31/h6-17,24,29,31H,4-5H2,1-3H3. The Balaban J connectivity index is 1.80. The summed E-state index contributed by atoms with van der Waals surface area (Å²) >= 11 is 0. The molecule has 31 heavy (non-hydrogen) atoms. The number of aromatic nitrogens is 2. The number of hydrogen-bond acceptors (Lipinski definition) is 5. The number of aromatic hydroxyl groups is 1. The molecule has 0 fully saturated rings. The second-order valence-corrected chi connectivity index (χ2v) is 7.61. The van der Waals surface area contributed by atoms with Gasteiger partial charge in [-0.3, -0.25) is 4.98 Å². The van der Waals surface area contributed by atoms with Crippen LogP contribution in [0.25, 0.3) is 10.9 Å². The number of phenolic OH excluding ortho intramolecular Hbond substituents is 1. The number of phenols is 1. The zero-order valence-corrected chi connectivity index (χ0v) is 18.2. The summed E-state index contributed by atoms with van der Waals surface area (Å²) in [5.41, 5.74) is 5.41. The predicted octanol–water partition coefficient (Wildman–Crippen LogP) is 5.69. The number of fused-ring (bicyclic) bond motifs is 1. The summed E-state index contributed by atoms with van der Waals surface area (Å²) in [5.74, 6) is 0.204. The molecule has 1 atom stereocenters. The Morgan fingerprint density at radius 1 is 0.968 bits per heavy atom. The van der Waals surface area contributed by atoms with Gasteiger partial charge in [-0.2, -0.15) is 0 Å². The summed E-state index contributed by atoms with van der Waals surface area (Å²) < 4.78 is 0. The molecule has 0 saturated carbocycles. The second kappa shape index (κ2) is 9.04. The molecule has 1 unspecified atom stereocenters.